The fraction of sp³-hybridized carbons (Fsp3) is 0.182. The van der Waals surface area contributed by atoms with Gasteiger partial charge < -0.3 is 24.8 Å². The van der Waals surface area contributed by atoms with E-state index < -0.39 is 0 Å². The number of rotatable bonds is 7. The number of pyridine rings is 1. The summed E-state index contributed by atoms with van der Waals surface area (Å²) in [6.45, 7) is 3.13. The van der Waals surface area contributed by atoms with E-state index in [1.54, 1.807) is 18.3 Å². The summed E-state index contributed by atoms with van der Waals surface area (Å²) in [7, 11) is 0. The average Bonchev–Trinajstić information content (AvgIpc) is 3.22. The summed E-state index contributed by atoms with van der Waals surface area (Å²) in [4.78, 5) is 16.7. The molecular weight excluding hydrogens is 370 g/mol. The van der Waals surface area contributed by atoms with Gasteiger partial charge in [0.2, 0.25) is 6.79 Å². The van der Waals surface area contributed by atoms with Crippen molar-refractivity contribution in [3.63, 3.8) is 0 Å². The smallest absolute Gasteiger partial charge is 0.253 e. The fourth-order valence-corrected chi connectivity index (χ4v) is 2.93. The maximum Gasteiger partial charge on any atom is 0.253 e. The van der Waals surface area contributed by atoms with Gasteiger partial charge in [0.25, 0.3) is 5.91 Å². The molecule has 4 rings (SSSR count). The summed E-state index contributed by atoms with van der Waals surface area (Å²) in [6.07, 6.45) is 1.54. The molecule has 29 heavy (non-hydrogen) atoms. The van der Waals surface area contributed by atoms with Crippen LogP contribution >= 0.6 is 0 Å². The van der Waals surface area contributed by atoms with Crippen molar-refractivity contribution >= 4 is 17.4 Å². The lowest BCUT2D eigenvalue weighted by Crippen LogP contribution is -2.22. The van der Waals surface area contributed by atoms with E-state index in [9.17, 15) is 4.79 Å². The number of hydrogen-bond donors (Lipinski definition) is 2. The van der Waals surface area contributed by atoms with Crippen molar-refractivity contribution in [2.24, 2.45) is 0 Å². The van der Waals surface area contributed by atoms with Gasteiger partial charge in [0.1, 0.15) is 11.6 Å². The zero-order valence-corrected chi connectivity index (χ0v) is 16.0. The number of ether oxygens (including phenoxy) is 3. The fourth-order valence-electron chi connectivity index (χ4n) is 2.93. The highest BCUT2D eigenvalue weighted by molar-refractivity contribution is 5.94. The van der Waals surface area contributed by atoms with Crippen molar-refractivity contribution in [3.05, 3.63) is 71.9 Å². The quantitative estimate of drug-likeness (QED) is 0.636. The molecular formula is C22H21N3O4. The van der Waals surface area contributed by atoms with Crippen LogP contribution in [0.1, 0.15) is 22.8 Å². The Morgan fingerprint density at radius 1 is 1.10 bits per heavy atom. The number of carbonyl (C=O) groups is 1. The van der Waals surface area contributed by atoms with Crippen LogP contribution in [0.15, 0.2) is 60.8 Å². The van der Waals surface area contributed by atoms with Crippen LogP contribution in [0, 0.1) is 0 Å². The van der Waals surface area contributed by atoms with Crippen LogP contribution < -0.4 is 24.8 Å². The Hall–Kier alpha value is -3.74. The summed E-state index contributed by atoms with van der Waals surface area (Å²) >= 11 is 0. The molecule has 2 N–H and O–H groups in total. The molecule has 0 saturated heterocycles. The molecule has 0 fully saturated rings. The summed E-state index contributed by atoms with van der Waals surface area (Å²) in [5, 5.41) is 6.10. The number of amides is 1. The molecule has 0 aliphatic carbocycles. The second-order valence-electron chi connectivity index (χ2n) is 6.36. The van der Waals surface area contributed by atoms with E-state index in [1.807, 2.05) is 49.4 Å². The van der Waals surface area contributed by atoms with Crippen molar-refractivity contribution in [1.29, 1.82) is 0 Å². The Morgan fingerprint density at radius 2 is 1.97 bits per heavy atom. The summed E-state index contributed by atoms with van der Waals surface area (Å²) in [6, 6.07) is 16.7. The number of aromatic nitrogens is 1. The monoisotopic (exact) mass is 391 g/mol. The van der Waals surface area contributed by atoms with Crippen LogP contribution in [0.25, 0.3) is 0 Å². The number of para-hydroxylation sites is 2. The zero-order chi connectivity index (χ0) is 20.1. The molecule has 0 bridgehead atoms. The van der Waals surface area contributed by atoms with E-state index in [4.69, 9.17) is 14.2 Å². The topological polar surface area (TPSA) is 81.7 Å². The SMILES string of the molecule is CCOc1ccccc1Nc1ccc(C(=O)NCc2ccc3c(c2)OCO3)cn1. The summed E-state index contributed by atoms with van der Waals surface area (Å²) in [5.41, 5.74) is 2.23. The highest BCUT2D eigenvalue weighted by atomic mass is 16.7. The lowest BCUT2D eigenvalue weighted by molar-refractivity contribution is 0.0950. The molecule has 0 atom stereocenters. The van der Waals surface area contributed by atoms with E-state index in [-0.39, 0.29) is 12.7 Å². The van der Waals surface area contributed by atoms with Crippen molar-refractivity contribution in [1.82, 2.24) is 10.3 Å². The minimum atomic E-state index is -0.198. The van der Waals surface area contributed by atoms with Gasteiger partial charge in [-0.15, -0.1) is 0 Å². The maximum absolute atomic E-state index is 12.4. The number of carbonyl (C=O) groups excluding carboxylic acids is 1. The van der Waals surface area contributed by atoms with Gasteiger partial charge in [-0.3, -0.25) is 4.79 Å². The predicted octanol–water partition coefficient (Wildman–Crippen LogP) is 3.88. The van der Waals surface area contributed by atoms with Gasteiger partial charge in [0, 0.05) is 12.7 Å². The Balaban J connectivity index is 1.37. The first-order valence-electron chi connectivity index (χ1n) is 9.34. The third kappa shape index (κ3) is 4.40. The molecule has 7 nitrogen and oxygen atoms in total. The van der Waals surface area contributed by atoms with E-state index in [0.717, 1.165) is 22.7 Å². The Kier molecular flexibility index (Phi) is 5.47. The molecule has 1 amide bonds. The van der Waals surface area contributed by atoms with Gasteiger partial charge in [-0.25, -0.2) is 4.98 Å². The Bertz CT molecular complexity index is 1010. The van der Waals surface area contributed by atoms with Gasteiger partial charge in [0.05, 0.1) is 17.9 Å². The number of benzene rings is 2. The Labute approximate surface area is 168 Å². The summed E-state index contributed by atoms with van der Waals surface area (Å²) in [5.74, 6) is 2.60. The van der Waals surface area contributed by atoms with Crippen LogP contribution in [-0.4, -0.2) is 24.3 Å². The number of nitrogens with zero attached hydrogens (tertiary/aromatic N) is 1. The molecule has 0 radical (unpaired) electrons. The number of fused-ring (bicyclic) bond motifs is 1. The molecule has 1 aliphatic heterocycles. The molecule has 0 unspecified atom stereocenters. The summed E-state index contributed by atoms with van der Waals surface area (Å²) < 4.78 is 16.2. The van der Waals surface area contributed by atoms with Gasteiger partial charge in [0.15, 0.2) is 11.5 Å². The molecule has 2 heterocycles. The van der Waals surface area contributed by atoms with Crippen LogP contribution in [0.4, 0.5) is 11.5 Å². The minimum absolute atomic E-state index is 0.198. The van der Waals surface area contributed by atoms with Crippen LogP contribution in [0.5, 0.6) is 17.2 Å². The van der Waals surface area contributed by atoms with Gasteiger partial charge in [-0.1, -0.05) is 18.2 Å². The molecule has 3 aromatic rings. The van der Waals surface area contributed by atoms with Crippen LogP contribution in [0.3, 0.4) is 0 Å². The molecule has 0 spiro atoms. The normalized spacial score (nSPS) is 11.8. The van der Waals surface area contributed by atoms with Crippen molar-refractivity contribution in [2.45, 2.75) is 13.5 Å². The van der Waals surface area contributed by atoms with Gasteiger partial charge >= 0.3 is 0 Å². The third-order valence-electron chi connectivity index (χ3n) is 4.37. The average molecular weight is 391 g/mol. The lowest BCUT2D eigenvalue weighted by atomic mass is 10.2. The first kappa shape index (κ1) is 18.6. The highest BCUT2D eigenvalue weighted by Gasteiger charge is 2.14. The minimum Gasteiger partial charge on any atom is -0.492 e. The largest absolute Gasteiger partial charge is 0.492 e. The van der Waals surface area contributed by atoms with Crippen LogP contribution in [-0.2, 0) is 6.54 Å². The third-order valence-corrected chi connectivity index (χ3v) is 4.37. The first-order valence-corrected chi connectivity index (χ1v) is 9.34. The number of nitrogens with one attached hydrogen (secondary N) is 2. The van der Waals surface area contributed by atoms with Crippen molar-refractivity contribution in [3.8, 4) is 17.2 Å². The van der Waals surface area contributed by atoms with Gasteiger partial charge in [-0.05, 0) is 48.9 Å². The van der Waals surface area contributed by atoms with Crippen LogP contribution in [0.2, 0.25) is 0 Å². The van der Waals surface area contributed by atoms with Crippen molar-refractivity contribution < 1.29 is 19.0 Å². The van der Waals surface area contributed by atoms with E-state index in [2.05, 4.69) is 15.6 Å². The van der Waals surface area contributed by atoms with E-state index in [1.165, 1.54) is 0 Å². The first-order chi connectivity index (χ1) is 14.2. The molecule has 2 aromatic carbocycles. The standard InChI is InChI=1S/C22H21N3O4/c1-2-27-18-6-4-3-5-17(18)25-21-10-8-16(13-23-21)22(26)24-12-15-7-9-19-20(11-15)29-14-28-19/h3-11,13H,2,12,14H2,1H3,(H,23,25)(H,24,26). The van der Waals surface area contributed by atoms with E-state index >= 15 is 0 Å². The Morgan fingerprint density at radius 3 is 2.79 bits per heavy atom. The predicted molar refractivity (Wildman–Crippen MR) is 109 cm³/mol. The second-order valence-corrected chi connectivity index (χ2v) is 6.36. The maximum atomic E-state index is 12.4. The number of anilines is 2. The van der Waals surface area contributed by atoms with Crippen molar-refractivity contribution in [2.75, 3.05) is 18.7 Å². The highest BCUT2D eigenvalue weighted by Crippen LogP contribution is 2.32. The molecule has 1 aliphatic rings. The molecule has 148 valence electrons. The molecule has 1 aromatic heterocycles. The van der Waals surface area contributed by atoms with E-state index in [0.29, 0.717) is 30.3 Å². The van der Waals surface area contributed by atoms with Gasteiger partial charge in [-0.2, -0.15) is 0 Å². The number of hydrogen-bond acceptors (Lipinski definition) is 6. The molecule has 7 heteroatoms. The lowest BCUT2D eigenvalue weighted by Gasteiger charge is -2.12. The molecule has 0 saturated carbocycles. The zero-order valence-electron chi connectivity index (χ0n) is 16.0. The second kappa shape index (κ2) is 8.52.